The van der Waals surface area contributed by atoms with Gasteiger partial charge < -0.3 is 9.64 Å². The number of methoxy groups -OCH3 is 1. The number of likely N-dealkylation sites (tertiary alicyclic amines) is 1. The van der Waals surface area contributed by atoms with Gasteiger partial charge in [-0.1, -0.05) is 48.5 Å². The van der Waals surface area contributed by atoms with E-state index in [2.05, 4.69) is 12.1 Å². The quantitative estimate of drug-likeness (QED) is 0.764. The van der Waals surface area contributed by atoms with Crippen LogP contribution in [0.4, 0.5) is 0 Å². The molecule has 0 bridgehead atoms. The molecule has 1 saturated heterocycles. The van der Waals surface area contributed by atoms with Crippen LogP contribution in [0.2, 0.25) is 0 Å². The molecule has 2 aromatic carbocycles. The average Bonchev–Trinajstić information content (AvgIpc) is 3.17. The van der Waals surface area contributed by atoms with Crippen LogP contribution in [0.3, 0.4) is 0 Å². The van der Waals surface area contributed by atoms with Crippen LogP contribution in [-0.2, 0) is 26.2 Å². The molecular formula is C22H23NO3S. The molecule has 4 rings (SSSR count). The second-order valence-corrected chi connectivity index (χ2v) is 8.43. The molecule has 2 aliphatic rings. The van der Waals surface area contributed by atoms with E-state index in [0.29, 0.717) is 25.9 Å². The molecule has 1 atom stereocenters. The third-order valence-corrected chi connectivity index (χ3v) is 7.06. The van der Waals surface area contributed by atoms with Gasteiger partial charge in [0.2, 0.25) is 5.91 Å². The van der Waals surface area contributed by atoms with E-state index in [1.54, 1.807) is 11.8 Å². The number of carbonyl (C=O) groups excluding carboxylic acids is 2. The summed E-state index contributed by atoms with van der Waals surface area (Å²) in [6, 6.07) is 18.0. The van der Waals surface area contributed by atoms with Gasteiger partial charge in [0, 0.05) is 18.0 Å². The van der Waals surface area contributed by atoms with Crippen molar-refractivity contribution in [3.8, 4) is 0 Å². The number of thioether (sulfide) groups is 1. The molecule has 2 aromatic rings. The second kappa shape index (κ2) is 7.39. The molecule has 1 unspecified atom stereocenters. The van der Waals surface area contributed by atoms with Gasteiger partial charge in [0.05, 0.1) is 17.8 Å². The number of ether oxygens (including phenoxy) is 1. The number of amides is 1. The third kappa shape index (κ3) is 3.25. The first-order valence-corrected chi connectivity index (χ1v) is 10.2. The standard InChI is InChI=1S/C22H23NO3S/c1-26-21(25)22(17-8-3-2-4-9-17)11-13-23(14-12-22)20(24)19-15-16-7-5-6-10-18(16)27-19/h2-10,19H,11-15H2,1H3. The molecular weight excluding hydrogens is 358 g/mol. The van der Waals surface area contributed by atoms with Crippen molar-refractivity contribution in [3.05, 3.63) is 65.7 Å². The Hall–Kier alpha value is -2.27. The molecule has 2 heterocycles. The normalized spacial score (nSPS) is 20.8. The highest BCUT2D eigenvalue weighted by Gasteiger charge is 2.45. The maximum atomic E-state index is 13.0. The lowest BCUT2D eigenvalue weighted by Crippen LogP contribution is -2.51. The van der Waals surface area contributed by atoms with E-state index in [4.69, 9.17) is 4.74 Å². The fourth-order valence-electron chi connectivity index (χ4n) is 4.20. The number of piperidine rings is 1. The van der Waals surface area contributed by atoms with Crippen molar-refractivity contribution >= 4 is 23.6 Å². The second-order valence-electron chi connectivity index (χ2n) is 7.18. The van der Waals surface area contributed by atoms with Gasteiger partial charge in [-0.25, -0.2) is 0 Å². The average molecular weight is 381 g/mol. The van der Waals surface area contributed by atoms with Crippen LogP contribution in [0.25, 0.3) is 0 Å². The first-order valence-electron chi connectivity index (χ1n) is 9.31. The fraction of sp³-hybridized carbons (Fsp3) is 0.364. The summed E-state index contributed by atoms with van der Waals surface area (Å²) >= 11 is 1.66. The van der Waals surface area contributed by atoms with Crippen molar-refractivity contribution < 1.29 is 14.3 Å². The van der Waals surface area contributed by atoms with E-state index in [9.17, 15) is 9.59 Å². The molecule has 2 aliphatic heterocycles. The van der Waals surface area contributed by atoms with E-state index in [1.165, 1.54) is 17.6 Å². The van der Waals surface area contributed by atoms with Crippen molar-refractivity contribution in [2.45, 2.75) is 34.8 Å². The van der Waals surface area contributed by atoms with Gasteiger partial charge >= 0.3 is 5.97 Å². The van der Waals surface area contributed by atoms with Crippen molar-refractivity contribution in [3.63, 3.8) is 0 Å². The van der Waals surface area contributed by atoms with Gasteiger partial charge in [-0.05, 0) is 36.5 Å². The number of fused-ring (bicyclic) bond motifs is 1. The lowest BCUT2D eigenvalue weighted by molar-refractivity contribution is -0.151. The van der Waals surface area contributed by atoms with Gasteiger partial charge in [-0.3, -0.25) is 9.59 Å². The Morgan fingerprint density at radius 1 is 1.04 bits per heavy atom. The number of rotatable bonds is 3. The number of hydrogen-bond donors (Lipinski definition) is 0. The highest BCUT2D eigenvalue weighted by molar-refractivity contribution is 8.01. The number of benzene rings is 2. The van der Waals surface area contributed by atoms with Gasteiger partial charge in [0.1, 0.15) is 0 Å². The van der Waals surface area contributed by atoms with Gasteiger partial charge in [0.15, 0.2) is 0 Å². The number of nitrogens with zero attached hydrogens (tertiary/aromatic N) is 1. The van der Waals surface area contributed by atoms with Gasteiger partial charge in [0.25, 0.3) is 0 Å². The Labute approximate surface area is 163 Å². The minimum Gasteiger partial charge on any atom is -0.468 e. The minimum atomic E-state index is -0.654. The zero-order valence-corrected chi connectivity index (χ0v) is 16.2. The lowest BCUT2D eigenvalue weighted by atomic mass is 9.72. The van der Waals surface area contributed by atoms with Gasteiger partial charge in [-0.15, -0.1) is 11.8 Å². The third-order valence-electron chi connectivity index (χ3n) is 5.75. The van der Waals surface area contributed by atoms with Crippen LogP contribution in [0.15, 0.2) is 59.5 Å². The van der Waals surface area contributed by atoms with E-state index >= 15 is 0 Å². The largest absolute Gasteiger partial charge is 0.468 e. The lowest BCUT2D eigenvalue weighted by Gasteiger charge is -2.40. The highest BCUT2D eigenvalue weighted by Crippen LogP contribution is 2.40. The Bertz CT molecular complexity index is 819. The predicted molar refractivity (Wildman–Crippen MR) is 106 cm³/mol. The monoisotopic (exact) mass is 381 g/mol. The molecule has 0 aliphatic carbocycles. The van der Waals surface area contributed by atoms with Crippen molar-refractivity contribution in [1.82, 2.24) is 4.90 Å². The fourth-order valence-corrected chi connectivity index (χ4v) is 5.47. The zero-order valence-electron chi connectivity index (χ0n) is 15.4. The van der Waals surface area contributed by atoms with Crippen LogP contribution < -0.4 is 0 Å². The molecule has 27 heavy (non-hydrogen) atoms. The van der Waals surface area contributed by atoms with E-state index in [-0.39, 0.29) is 17.1 Å². The smallest absolute Gasteiger partial charge is 0.316 e. The van der Waals surface area contributed by atoms with Crippen molar-refractivity contribution in [2.75, 3.05) is 20.2 Å². The SMILES string of the molecule is COC(=O)C1(c2ccccc2)CCN(C(=O)C2Cc3ccccc3S2)CC1. The van der Waals surface area contributed by atoms with Crippen LogP contribution in [0.5, 0.6) is 0 Å². The maximum Gasteiger partial charge on any atom is 0.316 e. The van der Waals surface area contributed by atoms with Crippen LogP contribution in [-0.4, -0.2) is 42.2 Å². The van der Waals surface area contributed by atoms with Crippen LogP contribution in [0, 0.1) is 0 Å². The molecule has 0 radical (unpaired) electrons. The molecule has 140 valence electrons. The number of hydrogen-bond acceptors (Lipinski definition) is 4. The molecule has 1 amide bonds. The molecule has 5 heteroatoms. The predicted octanol–water partition coefficient (Wildman–Crippen LogP) is 3.44. The molecule has 0 aromatic heterocycles. The number of carbonyl (C=O) groups is 2. The molecule has 1 fully saturated rings. The minimum absolute atomic E-state index is 0.0512. The first-order chi connectivity index (χ1) is 13.1. The van der Waals surface area contributed by atoms with E-state index in [1.807, 2.05) is 47.4 Å². The molecule has 4 nitrogen and oxygen atoms in total. The Morgan fingerprint density at radius 2 is 1.70 bits per heavy atom. The Morgan fingerprint density at radius 3 is 2.37 bits per heavy atom. The molecule has 0 N–H and O–H groups in total. The van der Waals surface area contributed by atoms with E-state index < -0.39 is 5.41 Å². The summed E-state index contributed by atoms with van der Waals surface area (Å²) in [5, 5.41) is -0.0512. The summed E-state index contributed by atoms with van der Waals surface area (Å²) in [4.78, 5) is 28.8. The first kappa shape index (κ1) is 18.1. The number of esters is 1. The summed E-state index contributed by atoms with van der Waals surface area (Å²) in [7, 11) is 1.44. The van der Waals surface area contributed by atoms with Crippen molar-refractivity contribution in [1.29, 1.82) is 0 Å². The molecule has 0 saturated carbocycles. The zero-order chi connectivity index (χ0) is 18.9. The summed E-state index contributed by atoms with van der Waals surface area (Å²) < 4.78 is 5.14. The summed E-state index contributed by atoms with van der Waals surface area (Å²) in [6.45, 7) is 1.16. The maximum absolute atomic E-state index is 13.0. The van der Waals surface area contributed by atoms with Gasteiger partial charge in [-0.2, -0.15) is 0 Å². The summed E-state index contributed by atoms with van der Waals surface area (Å²) in [5.41, 5.74) is 1.58. The van der Waals surface area contributed by atoms with Crippen LogP contribution in [0.1, 0.15) is 24.0 Å². The highest BCUT2D eigenvalue weighted by atomic mass is 32.2. The summed E-state index contributed by atoms with van der Waals surface area (Å²) in [6.07, 6.45) is 1.98. The van der Waals surface area contributed by atoms with E-state index in [0.717, 1.165) is 12.0 Å². The topological polar surface area (TPSA) is 46.6 Å². The summed E-state index contributed by atoms with van der Waals surface area (Å²) in [5.74, 6) is -0.0221. The Kier molecular flexibility index (Phi) is 4.96. The van der Waals surface area contributed by atoms with Crippen molar-refractivity contribution in [2.24, 2.45) is 0 Å². The van der Waals surface area contributed by atoms with Crippen LogP contribution >= 0.6 is 11.8 Å². The molecule has 0 spiro atoms. The Balaban J connectivity index is 1.48.